The molecule has 2 rings (SSSR count). The zero-order chi connectivity index (χ0) is 14.0. The summed E-state index contributed by atoms with van der Waals surface area (Å²) in [6.07, 6.45) is -0.889. The van der Waals surface area contributed by atoms with E-state index in [2.05, 4.69) is 15.2 Å². The van der Waals surface area contributed by atoms with Crippen LogP contribution >= 0.6 is 0 Å². The molecule has 0 spiro atoms. The van der Waals surface area contributed by atoms with E-state index in [1.165, 1.54) is 7.11 Å². The number of alkyl halides is 3. The first-order valence-electron chi connectivity index (χ1n) is 5.83. The van der Waals surface area contributed by atoms with E-state index in [4.69, 9.17) is 0 Å². The van der Waals surface area contributed by atoms with Gasteiger partial charge >= 0.3 is 12.1 Å². The van der Waals surface area contributed by atoms with Gasteiger partial charge in [0, 0.05) is 12.2 Å². The van der Waals surface area contributed by atoms with Crippen LogP contribution in [0.1, 0.15) is 18.4 Å². The number of carbonyl (C=O) groups is 1. The maximum absolute atomic E-state index is 12.4. The molecule has 5 nitrogen and oxygen atoms in total. The maximum atomic E-state index is 12.4. The van der Waals surface area contributed by atoms with Gasteiger partial charge in [0.1, 0.15) is 6.04 Å². The predicted molar refractivity (Wildman–Crippen MR) is 59.2 cm³/mol. The van der Waals surface area contributed by atoms with E-state index >= 15 is 0 Å². The number of carbonyl (C=O) groups excluding carboxylic acids is 1. The van der Waals surface area contributed by atoms with Gasteiger partial charge in [-0.25, -0.2) is 0 Å². The van der Waals surface area contributed by atoms with Crippen LogP contribution < -0.4 is 5.32 Å². The normalized spacial score (nSPS) is 17.3. The molecule has 106 valence electrons. The summed E-state index contributed by atoms with van der Waals surface area (Å²) in [5.74, 6) is -0.504. The summed E-state index contributed by atoms with van der Waals surface area (Å²) in [5.41, 5.74) is -0.831. The zero-order valence-electron chi connectivity index (χ0n) is 10.3. The van der Waals surface area contributed by atoms with Crippen LogP contribution in [-0.2, 0) is 22.3 Å². The summed E-state index contributed by atoms with van der Waals surface area (Å²) in [5, 5.41) is 6.64. The van der Waals surface area contributed by atoms with Gasteiger partial charge in [0.2, 0.25) is 0 Å². The molecule has 1 aromatic heterocycles. The number of aromatic nitrogens is 2. The van der Waals surface area contributed by atoms with Crippen molar-refractivity contribution < 1.29 is 22.7 Å². The topological polar surface area (TPSA) is 56.2 Å². The number of methoxy groups -OCH3 is 1. The third-order valence-corrected chi connectivity index (χ3v) is 2.83. The molecule has 0 saturated heterocycles. The van der Waals surface area contributed by atoms with Gasteiger partial charge in [-0.1, -0.05) is 0 Å². The summed E-state index contributed by atoms with van der Waals surface area (Å²) >= 11 is 0. The Morgan fingerprint density at radius 1 is 1.63 bits per heavy atom. The van der Waals surface area contributed by atoms with Gasteiger partial charge in [0.05, 0.1) is 25.4 Å². The van der Waals surface area contributed by atoms with Crippen molar-refractivity contribution in [1.29, 1.82) is 0 Å². The lowest BCUT2D eigenvalue weighted by atomic mass is 10.3. The quantitative estimate of drug-likeness (QED) is 0.822. The standard InChI is InChI=1S/C11H14F3N3O2/c1-19-10(18)9(16-8-2-3-8)6-17-5-7(4-15-17)11(12,13)14/h4-5,8-9,16H,2-3,6H2,1H3. The Balaban J connectivity index is 2.03. The smallest absolute Gasteiger partial charge is 0.419 e. The van der Waals surface area contributed by atoms with E-state index in [1.807, 2.05) is 0 Å². The first kappa shape index (κ1) is 13.9. The summed E-state index contributed by atoms with van der Waals surface area (Å²) in [6, 6.07) is -0.444. The van der Waals surface area contributed by atoms with Crippen molar-refractivity contribution in [2.75, 3.05) is 7.11 Å². The molecule has 1 aromatic rings. The van der Waals surface area contributed by atoms with E-state index in [9.17, 15) is 18.0 Å². The highest BCUT2D eigenvalue weighted by Crippen LogP contribution is 2.28. The molecule has 0 bridgehead atoms. The highest BCUT2D eigenvalue weighted by atomic mass is 19.4. The van der Waals surface area contributed by atoms with Crippen LogP contribution in [-0.4, -0.2) is 34.9 Å². The fourth-order valence-corrected chi connectivity index (χ4v) is 1.67. The second kappa shape index (κ2) is 5.20. The molecule has 1 aliphatic carbocycles. The Labute approximate surface area is 107 Å². The van der Waals surface area contributed by atoms with Crippen LogP contribution in [0.4, 0.5) is 13.2 Å². The highest BCUT2D eigenvalue weighted by Gasteiger charge is 2.33. The predicted octanol–water partition coefficient (Wildman–Crippen LogP) is 1.20. The Bertz CT molecular complexity index is 454. The lowest BCUT2D eigenvalue weighted by molar-refractivity contribution is -0.143. The van der Waals surface area contributed by atoms with Crippen molar-refractivity contribution >= 4 is 5.97 Å². The van der Waals surface area contributed by atoms with Crippen LogP contribution in [0.15, 0.2) is 12.4 Å². The summed E-state index contributed by atoms with van der Waals surface area (Å²) in [6.45, 7) is 0.0131. The first-order chi connectivity index (χ1) is 8.90. The molecule has 0 aliphatic heterocycles. The number of ether oxygens (including phenoxy) is 1. The van der Waals surface area contributed by atoms with Crippen molar-refractivity contribution in [2.24, 2.45) is 0 Å². The van der Waals surface area contributed by atoms with Crippen LogP contribution in [0, 0.1) is 0 Å². The third kappa shape index (κ3) is 3.69. The van der Waals surface area contributed by atoms with Gasteiger partial charge in [-0.3, -0.25) is 9.48 Å². The molecule has 1 fully saturated rings. The van der Waals surface area contributed by atoms with E-state index in [-0.39, 0.29) is 12.6 Å². The minimum atomic E-state index is -4.43. The van der Waals surface area contributed by atoms with Gasteiger partial charge in [0.25, 0.3) is 0 Å². The summed E-state index contributed by atoms with van der Waals surface area (Å²) in [4.78, 5) is 11.5. The van der Waals surface area contributed by atoms with Crippen molar-refractivity contribution in [1.82, 2.24) is 15.1 Å². The SMILES string of the molecule is COC(=O)C(Cn1cc(C(F)(F)F)cn1)NC1CC1. The number of rotatable bonds is 5. The summed E-state index contributed by atoms with van der Waals surface area (Å²) < 4.78 is 43.0. The number of hydrogen-bond donors (Lipinski definition) is 1. The average molecular weight is 277 g/mol. The number of esters is 1. The minimum absolute atomic E-state index is 0.0131. The molecule has 8 heteroatoms. The molecule has 1 N–H and O–H groups in total. The molecule has 0 radical (unpaired) electrons. The Hall–Kier alpha value is -1.57. The molecular weight excluding hydrogens is 263 g/mol. The van der Waals surface area contributed by atoms with Crippen LogP contribution in [0.5, 0.6) is 0 Å². The molecule has 1 atom stereocenters. The van der Waals surface area contributed by atoms with Crippen molar-refractivity contribution in [3.63, 3.8) is 0 Å². The molecule has 1 unspecified atom stereocenters. The van der Waals surface area contributed by atoms with Gasteiger partial charge in [0.15, 0.2) is 0 Å². The van der Waals surface area contributed by atoms with Crippen molar-refractivity contribution in [3.05, 3.63) is 18.0 Å². The lowest BCUT2D eigenvalue weighted by Crippen LogP contribution is -2.42. The Morgan fingerprint density at radius 3 is 2.79 bits per heavy atom. The van der Waals surface area contributed by atoms with Gasteiger partial charge in [-0.2, -0.15) is 18.3 Å². The second-order valence-electron chi connectivity index (χ2n) is 4.47. The molecule has 1 saturated carbocycles. The third-order valence-electron chi connectivity index (χ3n) is 2.83. The molecule has 19 heavy (non-hydrogen) atoms. The fourth-order valence-electron chi connectivity index (χ4n) is 1.67. The van der Waals surface area contributed by atoms with Crippen LogP contribution in [0.3, 0.4) is 0 Å². The molecule has 1 heterocycles. The zero-order valence-corrected chi connectivity index (χ0v) is 10.3. The number of nitrogens with zero attached hydrogens (tertiary/aromatic N) is 2. The minimum Gasteiger partial charge on any atom is -0.468 e. The summed E-state index contributed by atoms with van der Waals surface area (Å²) in [7, 11) is 1.24. The van der Waals surface area contributed by atoms with Crippen molar-refractivity contribution in [3.8, 4) is 0 Å². The maximum Gasteiger partial charge on any atom is 0.419 e. The van der Waals surface area contributed by atoms with E-state index in [0.29, 0.717) is 0 Å². The average Bonchev–Trinajstić information content (AvgIpc) is 3.01. The van der Waals surface area contributed by atoms with Crippen LogP contribution in [0.25, 0.3) is 0 Å². The van der Waals surface area contributed by atoms with Crippen molar-refractivity contribution in [2.45, 2.75) is 37.6 Å². The first-order valence-corrected chi connectivity index (χ1v) is 5.83. The Morgan fingerprint density at radius 2 is 2.32 bits per heavy atom. The monoisotopic (exact) mass is 277 g/mol. The Kier molecular flexibility index (Phi) is 3.79. The lowest BCUT2D eigenvalue weighted by Gasteiger charge is -2.15. The molecular formula is C11H14F3N3O2. The fraction of sp³-hybridized carbons (Fsp3) is 0.636. The van der Waals surface area contributed by atoms with E-state index in [1.54, 1.807) is 0 Å². The number of nitrogens with one attached hydrogen (secondary N) is 1. The largest absolute Gasteiger partial charge is 0.468 e. The van der Waals surface area contributed by atoms with E-state index < -0.39 is 23.8 Å². The molecule has 1 aliphatic rings. The molecule has 0 amide bonds. The second-order valence-corrected chi connectivity index (χ2v) is 4.47. The van der Waals surface area contributed by atoms with Crippen LogP contribution in [0.2, 0.25) is 0 Å². The number of halogens is 3. The van der Waals surface area contributed by atoms with Gasteiger partial charge in [-0.15, -0.1) is 0 Å². The van der Waals surface area contributed by atoms with Gasteiger partial charge in [-0.05, 0) is 12.8 Å². The highest BCUT2D eigenvalue weighted by molar-refractivity contribution is 5.75. The van der Waals surface area contributed by atoms with Gasteiger partial charge < -0.3 is 10.1 Å². The molecule has 0 aromatic carbocycles. The van der Waals surface area contributed by atoms with E-state index in [0.717, 1.165) is 29.9 Å². The number of hydrogen-bond acceptors (Lipinski definition) is 4.